The van der Waals surface area contributed by atoms with Gasteiger partial charge in [0.2, 0.25) is 0 Å². The Morgan fingerprint density at radius 2 is 1.75 bits per heavy atom. The fourth-order valence-corrected chi connectivity index (χ4v) is 2.84. The van der Waals surface area contributed by atoms with Gasteiger partial charge in [0.25, 0.3) is 0 Å². The molecule has 0 spiro atoms. The maximum absolute atomic E-state index is 4.52. The first-order valence-corrected chi connectivity index (χ1v) is 6.70. The van der Waals surface area contributed by atoms with Crippen LogP contribution in [-0.2, 0) is 0 Å². The Balaban J connectivity index is 2.28. The van der Waals surface area contributed by atoms with Crippen molar-refractivity contribution in [3.63, 3.8) is 0 Å². The van der Waals surface area contributed by atoms with Gasteiger partial charge in [-0.2, -0.15) is 0 Å². The number of fused-ring (bicyclic) bond motifs is 6. The minimum Gasteiger partial charge on any atom is -0.378 e. The summed E-state index contributed by atoms with van der Waals surface area (Å²) in [5.74, 6) is 0. The number of pyridine rings is 1. The highest BCUT2D eigenvalue weighted by molar-refractivity contribution is 6.12. The second-order valence-electron chi connectivity index (χ2n) is 5.26. The van der Waals surface area contributed by atoms with Crippen LogP contribution in [0, 0.1) is 0 Å². The molecule has 2 heterocycles. The molecule has 0 atom stereocenters. The summed E-state index contributed by atoms with van der Waals surface area (Å²) in [5, 5.41) is 3.71. The Morgan fingerprint density at radius 3 is 2.55 bits per heavy atom. The van der Waals surface area contributed by atoms with Gasteiger partial charge in [-0.3, -0.25) is 4.40 Å². The number of nitrogens with zero attached hydrogens (tertiary/aromatic N) is 3. The molecule has 0 unspecified atom stereocenters. The van der Waals surface area contributed by atoms with Crippen molar-refractivity contribution in [3.8, 4) is 0 Å². The Labute approximate surface area is 117 Å². The molecule has 0 radical (unpaired) electrons. The molecule has 0 bridgehead atoms. The number of anilines is 1. The van der Waals surface area contributed by atoms with E-state index in [1.807, 2.05) is 12.4 Å². The minimum absolute atomic E-state index is 1.02. The minimum atomic E-state index is 1.02. The molecule has 4 rings (SSSR count). The van der Waals surface area contributed by atoms with Crippen molar-refractivity contribution in [1.29, 1.82) is 0 Å². The fraction of sp³-hybridized carbons (Fsp3) is 0.118. The molecule has 3 nitrogen and oxygen atoms in total. The number of hydrogen-bond donors (Lipinski definition) is 0. The van der Waals surface area contributed by atoms with Crippen LogP contribution >= 0.6 is 0 Å². The van der Waals surface area contributed by atoms with Crippen LogP contribution in [0.2, 0.25) is 0 Å². The quantitative estimate of drug-likeness (QED) is 0.487. The molecule has 0 saturated carbocycles. The Kier molecular flexibility index (Phi) is 2.24. The Morgan fingerprint density at radius 1 is 0.950 bits per heavy atom. The lowest BCUT2D eigenvalue weighted by Gasteiger charge is -2.15. The molecule has 0 amide bonds. The second-order valence-corrected chi connectivity index (χ2v) is 5.26. The van der Waals surface area contributed by atoms with Crippen molar-refractivity contribution in [2.45, 2.75) is 0 Å². The predicted octanol–water partition coefficient (Wildman–Crippen LogP) is 3.71. The van der Waals surface area contributed by atoms with E-state index in [9.17, 15) is 0 Å². The van der Waals surface area contributed by atoms with Crippen LogP contribution in [0.25, 0.3) is 27.3 Å². The first-order valence-electron chi connectivity index (χ1n) is 6.70. The molecule has 0 N–H and O–H groups in total. The lowest BCUT2D eigenvalue weighted by atomic mass is 10.1. The SMILES string of the molecule is CN(C)c1ccc2c3ccccc3c3nccn3c2c1. The Hall–Kier alpha value is -2.55. The smallest absolute Gasteiger partial charge is 0.145 e. The van der Waals surface area contributed by atoms with Gasteiger partial charge in [-0.05, 0) is 17.5 Å². The van der Waals surface area contributed by atoms with E-state index in [-0.39, 0.29) is 0 Å². The number of imidazole rings is 1. The van der Waals surface area contributed by atoms with Crippen LogP contribution in [0.4, 0.5) is 5.69 Å². The molecule has 20 heavy (non-hydrogen) atoms. The van der Waals surface area contributed by atoms with Gasteiger partial charge in [0, 0.05) is 42.9 Å². The van der Waals surface area contributed by atoms with Gasteiger partial charge in [-0.25, -0.2) is 4.98 Å². The highest BCUT2D eigenvalue weighted by Gasteiger charge is 2.09. The highest BCUT2D eigenvalue weighted by atomic mass is 15.1. The average Bonchev–Trinajstić information content (AvgIpc) is 2.96. The largest absolute Gasteiger partial charge is 0.378 e. The third kappa shape index (κ3) is 1.43. The number of rotatable bonds is 1. The lowest BCUT2D eigenvalue weighted by molar-refractivity contribution is 1.13. The summed E-state index contributed by atoms with van der Waals surface area (Å²) >= 11 is 0. The van der Waals surface area contributed by atoms with Crippen LogP contribution in [0.3, 0.4) is 0 Å². The summed E-state index contributed by atoms with van der Waals surface area (Å²) in [5.41, 5.74) is 3.41. The summed E-state index contributed by atoms with van der Waals surface area (Å²) in [6.45, 7) is 0. The first-order chi connectivity index (χ1) is 9.75. The van der Waals surface area contributed by atoms with E-state index < -0.39 is 0 Å². The zero-order valence-electron chi connectivity index (χ0n) is 11.5. The molecule has 98 valence electrons. The normalized spacial score (nSPS) is 11.5. The van der Waals surface area contributed by atoms with E-state index in [2.05, 4.69) is 70.8 Å². The summed E-state index contributed by atoms with van der Waals surface area (Å²) in [6, 6.07) is 15.0. The van der Waals surface area contributed by atoms with Gasteiger partial charge in [-0.15, -0.1) is 0 Å². The van der Waals surface area contributed by atoms with E-state index in [0.29, 0.717) is 0 Å². The lowest BCUT2D eigenvalue weighted by Crippen LogP contribution is -2.08. The molecule has 2 aromatic carbocycles. The van der Waals surface area contributed by atoms with E-state index in [0.717, 1.165) is 5.65 Å². The van der Waals surface area contributed by atoms with Crippen LogP contribution in [0.15, 0.2) is 54.9 Å². The molecule has 0 saturated heterocycles. The molecule has 2 aromatic heterocycles. The number of hydrogen-bond acceptors (Lipinski definition) is 2. The van der Waals surface area contributed by atoms with E-state index in [1.165, 1.54) is 27.4 Å². The second kappa shape index (κ2) is 3.97. The van der Waals surface area contributed by atoms with Crippen molar-refractivity contribution >= 4 is 33.0 Å². The molecular formula is C17H15N3. The van der Waals surface area contributed by atoms with Crippen LogP contribution in [-0.4, -0.2) is 23.5 Å². The van der Waals surface area contributed by atoms with E-state index in [1.54, 1.807) is 0 Å². The van der Waals surface area contributed by atoms with E-state index in [4.69, 9.17) is 0 Å². The van der Waals surface area contributed by atoms with Gasteiger partial charge in [0.05, 0.1) is 5.52 Å². The van der Waals surface area contributed by atoms with Gasteiger partial charge in [0.15, 0.2) is 0 Å². The zero-order chi connectivity index (χ0) is 13.7. The van der Waals surface area contributed by atoms with E-state index >= 15 is 0 Å². The van der Waals surface area contributed by atoms with Crippen molar-refractivity contribution in [1.82, 2.24) is 9.38 Å². The standard InChI is InChI=1S/C17H15N3/c1-19(2)12-7-8-14-13-5-3-4-6-15(13)17-18-9-10-20(17)16(14)11-12/h3-11H,1-2H3. The third-order valence-electron chi connectivity index (χ3n) is 3.86. The number of aromatic nitrogens is 2. The summed E-state index contributed by atoms with van der Waals surface area (Å²) in [7, 11) is 4.13. The van der Waals surface area contributed by atoms with Crippen molar-refractivity contribution in [2.24, 2.45) is 0 Å². The van der Waals surface area contributed by atoms with Crippen molar-refractivity contribution in [2.75, 3.05) is 19.0 Å². The monoisotopic (exact) mass is 261 g/mol. The molecular weight excluding hydrogens is 246 g/mol. The Bertz CT molecular complexity index is 935. The van der Waals surface area contributed by atoms with Gasteiger partial charge >= 0.3 is 0 Å². The molecule has 4 aromatic rings. The fourth-order valence-electron chi connectivity index (χ4n) is 2.84. The number of benzene rings is 2. The summed E-state index contributed by atoms with van der Waals surface area (Å²) in [6.07, 6.45) is 3.90. The molecule has 3 heteroatoms. The maximum Gasteiger partial charge on any atom is 0.145 e. The average molecular weight is 261 g/mol. The summed E-state index contributed by atoms with van der Waals surface area (Å²) in [4.78, 5) is 6.64. The first kappa shape index (κ1) is 11.3. The van der Waals surface area contributed by atoms with Crippen molar-refractivity contribution in [3.05, 3.63) is 54.9 Å². The molecule has 0 aliphatic carbocycles. The molecule has 0 fully saturated rings. The molecule has 0 aliphatic rings. The van der Waals surface area contributed by atoms with Crippen molar-refractivity contribution < 1.29 is 0 Å². The van der Waals surface area contributed by atoms with Gasteiger partial charge in [-0.1, -0.05) is 30.3 Å². The zero-order valence-corrected chi connectivity index (χ0v) is 11.5. The van der Waals surface area contributed by atoms with Crippen LogP contribution < -0.4 is 4.90 Å². The van der Waals surface area contributed by atoms with Gasteiger partial charge in [0.1, 0.15) is 5.65 Å². The highest BCUT2D eigenvalue weighted by Crippen LogP contribution is 2.30. The summed E-state index contributed by atoms with van der Waals surface area (Å²) < 4.78 is 2.17. The van der Waals surface area contributed by atoms with Crippen LogP contribution in [0.5, 0.6) is 0 Å². The van der Waals surface area contributed by atoms with Crippen LogP contribution in [0.1, 0.15) is 0 Å². The van der Waals surface area contributed by atoms with Gasteiger partial charge < -0.3 is 4.90 Å². The predicted molar refractivity (Wildman–Crippen MR) is 84.5 cm³/mol. The maximum atomic E-state index is 4.52. The third-order valence-corrected chi connectivity index (χ3v) is 3.86. The molecule has 0 aliphatic heterocycles. The topological polar surface area (TPSA) is 20.5 Å².